The van der Waals surface area contributed by atoms with E-state index in [0.717, 1.165) is 22.2 Å². The van der Waals surface area contributed by atoms with E-state index in [1.54, 1.807) is 44.7 Å². The van der Waals surface area contributed by atoms with E-state index < -0.39 is 6.10 Å². The van der Waals surface area contributed by atoms with Crippen LogP contribution in [0.3, 0.4) is 0 Å². The topological polar surface area (TPSA) is 81.8 Å². The van der Waals surface area contributed by atoms with Crippen LogP contribution in [0, 0.1) is 0 Å². The summed E-state index contributed by atoms with van der Waals surface area (Å²) in [6.07, 6.45) is 4.36. The van der Waals surface area contributed by atoms with Gasteiger partial charge in [0.15, 0.2) is 0 Å². The molecule has 0 aliphatic heterocycles. The highest BCUT2D eigenvalue weighted by Gasteiger charge is 2.14. The Bertz CT molecular complexity index is 1120. The Morgan fingerprint density at radius 2 is 2.10 bits per heavy atom. The number of methoxy groups -OCH3 is 1. The van der Waals surface area contributed by atoms with Crippen molar-refractivity contribution < 1.29 is 9.47 Å². The molecule has 3 rings (SSSR count). The molecule has 0 N–H and O–H groups in total. The zero-order chi connectivity index (χ0) is 21.0. The summed E-state index contributed by atoms with van der Waals surface area (Å²) in [4.78, 5) is 16.6. The molecule has 1 aromatic carbocycles. The summed E-state index contributed by atoms with van der Waals surface area (Å²) in [5, 5.41) is 10.9. The molecule has 0 radical (unpaired) electrons. The predicted octanol–water partition coefficient (Wildman–Crippen LogP) is 2.96. The molecule has 0 saturated carbocycles. The van der Waals surface area contributed by atoms with Gasteiger partial charge in [0.25, 0.3) is 5.88 Å². The number of fused-ring (bicyclic) bond motifs is 1. The van der Waals surface area contributed by atoms with Crippen molar-refractivity contribution in [3.8, 4) is 11.6 Å². The minimum Gasteiger partial charge on any atom is -0.496 e. The molecule has 1 atom stereocenters. The van der Waals surface area contributed by atoms with Crippen LogP contribution in [0.2, 0.25) is 0 Å². The van der Waals surface area contributed by atoms with E-state index in [0.29, 0.717) is 5.70 Å². The Morgan fingerprint density at radius 3 is 2.83 bits per heavy atom. The third kappa shape index (κ3) is 4.60. The summed E-state index contributed by atoms with van der Waals surface area (Å²) in [5.41, 5.74) is 1.87. The molecular formula is C21H23N5O3. The standard InChI is InChI=1S/C21H23N5O3/c1-14(13-23-25(3)4)26-11-9-19(27)21(24-26)29-15(2)16-6-7-18-17(12-16)20(28-5)8-10-22-18/h6-13,15H,1H2,2-5H3. The highest BCUT2D eigenvalue weighted by molar-refractivity contribution is 6.00. The van der Waals surface area contributed by atoms with Crippen molar-refractivity contribution in [3.05, 3.63) is 65.1 Å². The fourth-order valence-corrected chi connectivity index (χ4v) is 2.68. The molecule has 0 spiro atoms. The van der Waals surface area contributed by atoms with E-state index in [-0.39, 0.29) is 11.3 Å². The van der Waals surface area contributed by atoms with Gasteiger partial charge in [-0.3, -0.25) is 9.78 Å². The summed E-state index contributed by atoms with van der Waals surface area (Å²) < 4.78 is 12.7. The van der Waals surface area contributed by atoms with Gasteiger partial charge < -0.3 is 14.5 Å². The Morgan fingerprint density at radius 1 is 1.31 bits per heavy atom. The number of ether oxygens (including phenoxy) is 2. The molecule has 1 unspecified atom stereocenters. The van der Waals surface area contributed by atoms with Gasteiger partial charge in [-0.15, -0.1) is 5.10 Å². The average Bonchev–Trinajstić information content (AvgIpc) is 2.72. The first-order chi connectivity index (χ1) is 13.9. The van der Waals surface area contributed by atoms with Crippen molar-refractivity contribution in [2.45, 2.75) is 13.0 Å². The summed E-state index contributed by atoms with van der Waals surface area (Å²) in [6.45, 7) is 5.76. The lowest BCUT2D eigenvalue weighted by Crippen LogP contribution is -2.17. The van der Waals surface area contributed by atoms with Crippen LogP contribution in [0.4, 0.5) is 0 Å². The van der Waals surface area contributed by atoms with E-state index in [1.807, 2.05) is 25.1 Å². The Hall–Kier alpha value is -3.68. The van der Waals surface area contributed by atoms with Gasteiger partial charge in [-0.1, -0.05) is 12.6 Å². The normalized spacial score (nSPS) is 12.1. The Balaban J connectivity index is 1.88. The zero-order valence-corrected chi connectivity index (χ0v) is 16.9. The molecule has 0 fully saturated rings. The maximum absolute atomic E-state index is 12.2. The lowest BCUT2D eigenvalue weighted by molar-refractivity contribution is 0.211. The number of benzene rings is 1. The van der Waals surface area contributed by atoms with Gasteiger partial charge in [-0.05, 0) is 30.7 Å². The van der Waals surface area contributed by atoms with Crippen molar-refractivity contribution in [2.75, 3.05) is 21.2 Å². The molecule has 150 valence electrons. The fourth-order valence-electron chi connectivity index (χ4n) is 2.68. The highest BCUT2D eigenvalue weighted by Crippen LogP contribution is 2.28. The van der Waals surface area contributed by atoms with E-state index >= 15 is 0 Å². The van der Waals surface area contributed by atoms with Crippen molar-refractivity contribution in [2.24, 2.45) is 5.10 Å². The SMILES string of the molecule is C=C(C=NN(C)C)n1ccc(=O)c(OC(C)c2ccc3nccc(OC)c3c2)n1. The van der Waals surface area contributed by atoms with Crippen LogP contribution >= 0.6 is 0 Å². The molecule has 8 nitrogen and oxygen atoms in total. The van der Waals surface area contributed by atoms with Crippen LogP contribution in [0.15, 0.2) is 59.2 Å². The Labute approximate surface area is 168 Å². The summed E-state index contributed by atoms with van der Waals surface area (Å²) >= 11 is 0. The monoisotopic (exact) mass is 393 g/mol. The van der Waals surface area contributed by atoms with Gasteiger partial charge in [0.2, 0.25) is 5.43 Å². The fraction of sp³-hybridized carbons (Fsp3) is 0.238. The van der Waals surface area contributed by atoms with Crippen molar-refractivity contribution >= 4 is 22.8 Å². The largest absolute Gasteiger partial charge is 0.496 e. The Kier molecular flexibility index (Phi) is 5.92. The molecule has 0 saturated heterocycles. The summed E-state index contributed by atoms with van der Waals surface area (Å²) in [7, 11) is 5.21. The molecule has 3 aromatic rings. The maximum atomic E-state index is 12.2. The second kappa shape index (κ2) is 8.55. The highest BCUT2D eigenvalue weighted by atomic mass is 16.5. The third-order valence-corrected chi connectivity index (χ3v) is 4.21. The van der Waals surface area contributed by atoms with E-state index in [2.05, 4.69) is 21.8 Å². The first-order valence-electron chi connectivity index (χ1n) is 8.99. The molecular weight excluding hydrogens is 370 g/mol. The average molecular weight is 393 g/mol. The minimum absolute atomic E-state index is 0.0161. The van der Waals surface area contributed by atoms with Crippen LogP contribution in [-0.4, -0.2) is 47.2 Å². The number of rotatable bonds is 7. The molecule has 2 aromatic heterocycles. The van der Waals surface area contributed by atoms with Gasteiger partial charge in [0.1, 0.15) is 11.9 Å². The van der Waals surface area contributed by atoms with Gasteiger partial charge in [-0.25, -0.2) is 4.68 Å². The van der Waals surface area contributed by atoms with E-state index in [9.17, 15) is 4.79 Å². The van der Waals surface area contributed by atoms with Crippen LogP contribution in [0.25, 0.3) is 16.6 Å². The van der Waals surface area contributed by atoms with E-state index in [4.69, 9.17) is 9.47 Å². The molecule has 0 bridgehead atoms. The summed E-state index contributed by atoms with van der Waals surface area (Å²) in [6, 6.07) is 8.93. The van der Waals surface area contributed by atoms with Crippen LogP contribution in [0.5, 0.6) is 11.6 Å². The van der Waals surface area contributed by atoms with Crippen molar-refractivity contribution in [1.29, 1.82) is 0 Å². The van der Waals surface area contributed by atoms with Crippen LogP contribution in [0.1, 0.15) is 18.6 Å². The first kappa shape index (κ1) is 20.1. The molecule has 0 amide bonds. The number of nitrogens with zero attached hydrogens (tertiary/aromatic N) is 5. The van der Waals surface area contributed by atoms with Crippen molar-refractivity contribution in [3.63, 3.8) is 0 Å². The third-order valence-electron chi connectivity index (χ3n) is 4.21. The predicted molar refractivity (Wildman–Crippen MR) is 113 cm³/mol. The smallest absolute Gasteiger partial charge is 0.280 e. The molecule has 0 aliphatic carbocycles. The van der Waals surface area contributed by atoms with Crippen molar-refractivity contribution in [1.82, 2.24) is 19.8 Å². The number of aromatic nitrogens is 3. The number of hydrogen-bond donors (Lipinski definition) is 0. The lowest BCUT2D eigenvalue weighted by atomic mass is 10.1. The zero-order valence-electron chi connectivity index (χ0n) is 16.9. The lowest BCUT2D eigenvalue weighted by Gasteiger charge is -2.16. The van der Waals surface area contributed by atoms with Crippen LogP contribution < -0.4 is 14.9 Å². The summed E-state index contributed by atoms with van der Waals surface area (Å²) in [5.74, 6) is 0.707. The molecule has 8 heteroatoms. The molecule has 2 heterocycles. The van der Waals surface area contributed by atoms with Crippen LogP contribution in [-0.2, 0) is 0 Å². The number of pyridine rings is 1. The van der Waals surface area contributed by atoms with E-state index in [1.165, 1.54) is 16.9 Å². The van der Waals surface area contributed by atoms with Gasteiger partial charge >= 0.3 is 0 Å². The first-order valence-corrected chi connectivity index (χ1v) is 8.99. The molecule has 0 aliphatic rings. The number of hydrazone groups is 1. The van der Waals surface area contributed by atoms with Gasteiger partial charge in [0.05, 0.1) is 24.5 Å². The minimum atomic E-state index is -0.413. The second-order valence-corrected chi connectivity index (χ2v) is 6.56. The number of allylic oxidation sites excluding steroid dienone is 1. The van der Waals surface area contributed by atoms with Gasteiger partial charge in [-0.2, -0.15) is 5.10 Å². The van der Waals surface area contributed by atoms with Gasteiger partial charge in [0, 0.05) is 37.9 Å². The molecule has 29 heavy (non-hydrogen) atoms. The maximum Gasteiger partial charge on any atom is 0.280 e. The number of hydrogen-bond acceptors (Lipinski definition) is 7. The second-order valence-electron chi connectivity index (χ2n) is 6.56. The quantitative estimate of drug-likeness (QED) is 0.453.